The summed E-state index contributed by atoms with van der Waals surface area (Å²) in [6.45, 7) is 0. The predicted octanol–water partition coefficient (Wildman–Crippen LogP) is 1.37. The summed E-state index contributed by atoms with van der Waals surface area (Å²) in [5.74, 6) is 0. The fraction of sp³-hybridized carbons (Fsp3) is 0.333. The Morgan fingerprint density at radius 2 is 2.33 bits per heavy atom. The molecule has 6 heavy (non-hydrogen) atoms. The standard InChI is InChI=1S/C3H4F2O/c1-6-3(5)2-4/h2H,1H3/b3-2+. The fourth-order valence-corrected chi connectivity index (χ4v) is 0.0445. The van der Waals surface area contributed by atoms with Crippen LogP contribution in [0.2, 0.25) is 0 Å². The van der Waals surface area contributed by atoms with E-state index in [0.29, 0.717) is 0 Å². The van der Waals surface area contributed by atoms with Gasteiger partial charge in [-0.2, -0.15) is 4.39 Å². The van der Waals surface area contributed by atoms with Gasteiger partial charge in [-0.3, -0.25) is 0 Å². The molecule has 0 aliphatic heterocycles. The molecule has 0 atom stereocenters. The molecule has 0 aromatic rings. The summed E-state index contributed by atoms with van der Waals surface area (Å²) in [6, 6.07) is -1.20. The third-order valence-corrected chi connectivity index (χ3v) is 0.281. The van der Waals surface area contributed by atoms with E-state index >= 15 is 0 Å². The van der Waals surface area contributed by atoms with Crippen LogP contribution >= 0.6 is 0 Å². The van der Waals surface area contributed by atoms with E-state index < -0.39 is 6.01 Å². The molecular weight excluding hydrogens is 90.0 g/mol. The Morgan fingerprint density at radius 3 is 2.33 bits per heavy atom. The highest BCUT2D eigenvalue weighted by atomic mass is 19.2. The Balaban J connectivity index is 3.22. The van der Waals surface area contributed by atoms with Crippen LogP contribution in [0.15, 0.2) is 12.3 Å². The van der Waals surface area contributed by atoms with Crippen molar-refractivity contribution >= 4 is 0 Å². The molecule has 0 saturated carbocycles. The molecule has 0 fully saturated rings. The van der Waals surface area contributed by atoms with E-state index in [1.54, 1.807) is 0 Å². The van der Waals surface area contributed by atoms with Gasteiger partial charge >= 0.3 is 6.01 Å². The summed E-state index contributed by atoms with van der Waals surface area (Å²) in [4.78, 5) is 0. The van der Waals surface area contributed by atoms with Crippen LogP contribution in [0.1, 0.15) is 0 Å². The van der Waals surface area contributed by atoms with Gasteiger partial charge in [0.05, 0.1) is 7.11 Å². The fourth-order valence-electron chi connectivity index (χ4n) is 0.0445. The van der Waals surface area contributed by atoms with Crippen molar-refractivity contribution in [2.45, 2.75) is 0 Å². The molecule has 1 nitrogen and oxygen atoms in total. The molecule has 0 unspecified atom stereocenters. The Labute approximate surface area is 34.2 Å². The van der Waals surface area contributed by atoms with Crippen LogP contribution in [0.4, 0.5) is 8.78 Å². The van der Waals surface area contributed by atoms with E-state index in [1.165, 1.54) is 0 Å². The maximum atomic E-state index is 11.1. The molecule has 36 valence electrons. The van der Waals surface area contributed by atoms with Crippen molar-refractivity contribution in [3.63, 3.8) is 0 Å². The highest BCUT2D eigenvalue weighted by molar-refractivity contribution is 4.68. The van der Waals surface area contributed by atoms with Crippen LogP contribution in [0.25, 0.3) is 0 Å². The van der Waals surface area contributed by atoms with Crippen molar-refractivity contribution in [1.82, 2.24) is 0 Å². The third kappa shape index (κ3) is 1.69. The monoisotopic (exact) mass is 94.0 g/mol. The number of methoxy groups -OCH3 is 1. The van der Waals surface area contributed by atoms with Gasteiger partial charge in [0.1, 0.15) is 0 Å². The first-order chi connectivity index (χ1) is 2.81. The molecule has 0 bridgehead atoms. The largest absolute Gasteiger partial charge is 0.472 e. The van der Waals surface area contributed by atoms with Gasteiger partial charge in [0.15, 0.2) is 6.33 Å². The number of halogens is 2. The van der Waals surface area contributed by atoms with Gasteiger partial charge in [0.25, 0.3) is 0 Å². The van der Waals surface area contributed by atoms with Gasteiger partial charge in [0, 0.05) is 0 Å². The second kappa shape index (κ2) is 2.63. The van der Waals surface area contributed by atoms with Crippen LogP contribution in [0, 0.1) is 0 Å². The van der Waals surface area contributed by atoms with E-state index in [0.717, 1.165) is 7.11 Å². The summed E-state index contributed by atoms with van der Waals surface area (Å²) in [5, 5.41) is 0. The maximum Gasteiger partial charge on any atom is 0.301 e. The first kappa shape index (κ1) is 5.40. The van der Waals surface area contributed by atoms with Crippen molar-refractivity contribution in [1.29, 1.82) is 0 Å². The number of rotatable bonds is 1. The summed E-state index contributed by atoms with van der Waals surface area (Å²) in [5.41, 5.74) is 0. The Hall–Kier alpha value is -0.600. The lowest BCUT2D eigenvalue weighted by molar-refractivity contribution is 0.195. The Bertz CT molecular complexity index is 59.8. The second-order valence-electron chi connectivity index (χ2n) is 0.617. The van der Waals surface area contributed by atoms with Gasteiger partial charge in [-0.1, -0.05) is 0 Å². The molecule has 0 aliphatic rings. The van der Waals surface area contributed by atoms with Crippen LogP contribution < -0.4 is 0 Å². The van der Waals surface area contributed by atoms with E-state index in [1.807, 2.05) is 0 Å². The highest BCUT2D eigenvalue weighted by Crippen LogP contribution is 1.93. The molecule has 3 heteroatoms. The minimum absolute atomic E-state index is 0.250. The lowest BCUT2D eigenvalue weighted by Crippen LogP contribution is -1.70. The SMILES string of the molecule is CO/C(F)=C/F. The average Bonchev–Trinajstić information content (AvgIpc) is 1.65. The van der Waals surface area contributed by atoms with Crippen molar-refractivity contribution in [3.8, 4) is 0 Å². The molecule has 0 saturated heterocycles. The van der Waals surface area contributed by atoms with Crippen molar-refractivity contribution < 1.29 is 13.5 Å². The third-order valence-electron chi connectivity index (χ3n) is 0.281. The lowest BCUT2D eigenvalue weighted by atomic mass is 11.0. The molecule has 0 N–H and O–H groups in total. The molecule has 0 aromatic heterocycles. The molecule has 0 heterocycles. The average molecular weight is 94.1 g/mol. The smallest absolute Gasteiger partial charge is 0.301 e. The summed E-state index contributed by atoms with van der Waals surface area (Å²) in [6.07, 6.45) is -0.250. The van der Waals surface area contributed by atoms with Crippen molar-refractivity contribution in [2.24, 2.45) is 0 Å². The summed E-state index contributed by atoms with van der Waals surface area (Å²) in [7, 11) is 1.05. The van der Waals surface area contributed by atoms with Crippen LogP contribution in [-0.2, 0) is 4.74 Å². The molecule has 0 aromatic carbocycles. The van der Waals surface area contributed by atoms with Gasteiger partial charge in [-0.25, -0.2) is 4.39 Å². The van der Waals surface area contributed by atoms with Gasteiger partial charge in [0.2, 0.25) is 0 Å². The van der Waals surface area contributed by atoms with Gasteiger partial charge < -0.3 is 4.74 Å². The molecule has 0 rings (SSSR count). The Morgan fingerprint density at radius 1 is 1.83 bits per heavy atom. The zero-order valence-corrected chi connectivity index (χ0v) is 3.24. The van der Waals surface area contributed by atoms with Crippen LogP contribution in [0.5, 0.6) is 0 Å². The van der Waals surface area contributed by atoms with Crippen LogP contribution in [0.3, 0.4) is 0 Å². The molecule has 0 radical (unpaired) electrons. The second-order valence-corrected chi connectivity index (χ2v) is 0.617. The molecule has 0 aliphatic carbocycles. The number of ether oxygens (including phenoxy) is 1. The minimum atomic E-state index is -1.20. The minimum Gasteiger partial charge on any atom is -0.472 e. The normalized spacial score (nSPS) is 11.5. The predicted molar refractivity (Wildman–Crippen MR) is 17.3 cm³/mol. The lowest BCUT2D eigenvalue weighted by Gasteiger charge is -1.84. The summed E-state index contributed by atoms with van der Waals surface area (Å²) < 4.78 is 25.6. The number of hydrogen-bond donors (Lipinski definition) is 0. The van der Waals surface area contributed by atoms with E-state index in [-0.39, 0.29) is 6.33 Å². The molecular formula is C3H4F2O. The first-order valence-corrected chi connectivity index (χ1v) is 1.31. The van der Waals surface area contributed by atoms with Gasteiger partial charge in [-0.15, -0.1) is 0 Å². The summed E-state index contributed by atoms with van der Waals surface area (Å²) >= 11 is 0. The topological polar surface area (TPSA) is 9.23 Å². The zero-order valence-electron chi connectivity index (χ0n) is 3.24. The van der Waals surface area contributed by atoms with Crippen molar-refractivity contribution in [3.05, 3.63) is 12.3 Å². The van der Waals surface area contributed by atoms with E-state index in [2.05, 4.69) is 4.74 Å². The molecule has 0 spiro atoms. The Kier molecular flexibility index (Phi) is 2.36. The number of hydrogen-bond acceptors (Lipinski definition) is 1. The van der Waals surface area contributed by atoms with E-state index in [9.17, 15) is 8.78 Å². The quantitative estimate of drug-likeness (QED) is 0.446. The van der Waals surface area contributed by atoms with E-state index in [4.69, 9.17) is 0 Å². The van der Waals surface area contributed by atoms with Gasteiger partial charge in [-0.05, 0) is 0 Å². The van der Waals surface area contributed by atoms with Crippen LogP contribution in [-0.4, -0.2) is 7.11 Å². The highest BCUT2D eigenvalue weighted by Gasteiger charge is 1.82. The maximum absolute atomic E-state index is 11.1. The first-order valence-electron chi connectivity index (χ1n) is 1.31. The zero-order chi connectivity index (χ0) is 4.99. The molecule has 0 amide bonds. The van der Waals surface area contributed by atoms with Crippen molar-refractivity contribution in [2.75, 3.05) is 7.11 Å².